The first kappa shape index (κ1) is 15.4. The molecule has 0 radical (unpaired) electrons. The Morgan fingerprint density at radius 1 is 0.450 bits per heavy atom. The molecule has 116 valence electrons. The molecule has 0 atom stereocenters. The molecule has 2 heteroatoms. The van der Waals surface area contributed by atoms with E-state index in [0.29, 0.717) is 0 Å². The van der Waals surface area contributed by atoms with Crippen molar-refractivity contribution in [2.75, 3.05) is 0 Å². The molecular weight excluding hydrogens is 258 g/mol. The topological polar surface area (TPSA) is 0 Å². The maximum absolute atomic E-state index is 2.90. The van der Waals surface area contributed by atoms with E-state index in [4.69, 9.17) is 0 Å². The zero-order valence-corrected chi connectivity index (χ0v) is 14.8. The molecule has 3 fully saturated rings. The van der Waals surface area contributed by atoms with Crippen LogP contribution in [0.5, 0.6) is 0 Å². The summed E-state index contributed by atoms with van der Waals surface area (Å²) in [6.45, 7) is 0. The van der Waals surface area contributed by atoms with Gasteiger partial charge in [-0.3, -0.25) is 0 Å². The molecule has 0 N–H and O–H groups in total. The van der Waals surface area contributed by atoms with Gasteiger partial charge in [-0.25, -0.2) is 0 Å². The standard InChI is InChI=1S/C18H36BP/c19-20(16-10-4-1-5-11-16,17-12-6-2-7-13-17)18-14-8-3-9-15-18/h16-18,20H,1-15,19H2. The Morgan fingerprint density at radius 3 is 0.950 bits per heavy atom. The maximum atomic E-state index is 2.90. The summed E-state index contributed by atoms with van der Waals surface area (Å²) in [7, 11) is 1.85. The molecule has 0 aromatic rings. The van der Waals surface area contributed by atoms with E-state index in [9.17, 15) is 0 Å². The van der Waals surface area contributed by atoms with Crippen LogP contribution in [0.25, 0.3) is 0 Å². The van der Waals surface area contributed by atoms with E-state index in [1.165, 1.54) is 36.2 Å². The number of hydrogen-bond acceptors (Lipinski definition) is 0. The first-order valence-corrected chi connectivity index (χ1v) is 12.5. The number of hydrogen-bond donors (Lipinski definition) is 0. The summed E-state index contributed by atoms with van der Waals surface area (Å²) >= 11 is 0. The Labute approximate surface area is 128 Å². The zero-order chi connectivity index (χ0) is 13.8. The Bertz CT molecular complexity index is 240. The van der Waals surface area contributed by atoms with Gasteiger partial charge in [0.15, 0.2) is 0 Å². The average Bonchev–Trinajstić information content (AvgIpc) is 2.56. The van der Waals surface area contributed by atoms with E-state index in [1.54, 1.807) is 77.0 Å². The molecular formula is C18H36BP. The van der Waals surface area contributed by atoms with Crippen molar-refractivity contribution in [1.82, 2.24) is 0 Å². The Balaban J connectivity index is 1.79. The van der Waals surface area contributed by atoms with Gasteiger partial charge in [-0.15, -0.1) is 0 Å². The van der Waals surface area contributed by atoms with Crippen LogP contribution in [0.1, 0.15) is 96.3 Å². The van der Waals surface area contributed by atoms with Gasteiger partial charge in [0.05, 0.1) is 0 Å². The van der Waals surface area contributed by atoms with Gasteiger partial charge in [-0.05, 0) is 0 Å². The molecule has 0 unspecified atom stereocenters. The molecule has 0 aliphatic heterocycles. The molecule has 0 heterocycles. The molecule has 3 aliphatic rings. The predicted octanol–water partition coefficient (Wildman–Crippen LogP) is 5.28. The summed E-state index contributed by atoms with van der Waals surface area (Å²) in [6.07, 6.45) is 23.7. The Kier molecular flexibility index (Phi) is 5.52. The van der Waals surface area contributed by atoms with E-state index < -0.39 is 7.14 Å². The van der Waals surface area contributed by atoms with Crippen molar-refractivity contribution in [3.05, 3.63) is 0 Å². The summed E-state index contributed by atoms with van der Waals surface area (Å²) in [5.74, 6) is 0. The molecule has 3 aliphatic carbocycles. The molecule has 0 aromatic carbocycles. The molecule has 3 rings (SSSR count). The molecule has 0 nitrogen and oxygen atoms in total. The minimum atomic E-state index is -1.05. The summed E-state index contributed by atoms with van der Waals surface area (Å²) in [4.78, 5) is 0. The first-order chi connectivity index (χ1) is 9.82. The monoisotopic (exact) mass is 294 g/mol. The van der Waals surface area contributed by atoms with Crippen LogP contribution in [0.15, 0.2) is 0 Å². The molecule has 3 saturated carbocycles. The third kappa shape index (κ3) is 3.13. The van der Waals surface area contributed by atoms with Crippen molar-refractivity contribution in [3.63, 3.8) is 0 Å². The van der Waals surface area contributed by atoms with Crippen molar-refractivity contribution in [2.24, 2.45) is 0 Å². The van der Waals surface area contributed by atoms with Gasteiger partial charge in [0, 0.05) is 0 Å². The molecule has 0 aromatic heterocycles. The quantitative estimate of drug-likeness (QED) is 0.490. The van der Waals surface area contributed by atoms with Crippen molar-refractivity contribution in [3.8, 4) is 0 Å². The molecule has 0 bridgehead atoms. The van der Waals surface area contributed by atoms with Crippen molar-refractivity contribution in [2.45, 2.75) is 113 Å². The van der Waals surface area contributed by atoms with E-state index in [-0.39, 0.29) is 0 Å². The van der Waals surface area contributed by atoms with Crippen LogP contribution in [-0.2, 0) is 0 Å². The van der Waals surface area contributed by atoms with Crippen LogP contribution >= 0.6 is 7.14 Å². The van der Waals surface area contributed by atoms with Crippen molar-refractivity contribution in [1.29, 1.82) is 0 Å². The molecule has 0 amide bonds. The zero-order valence-electron chi connectivity index (χ0n) is 13.8. The van der Waals surface area contributed by atoms with Crippen LogP contribution in [0, 0.1) is 0 Å². The molecule has 0 saturated heterocycles. The predicted molar refractivity (Wildman–Crippen MR) is 97.5 cm³/mol. The third-order valence-electron chi connectivity index (χ3n) is 7.45. The van der Waals surface area contributed by atoms with Crippen LogP contribution < -0.4 is 0 Å². The Hall–Kier alpha value is 0.495. The van der Waals surface area contributed by atoms with Crippen molar-refractivity contribution < 1.29 is 0 Å². The van der Waals surface area contributed by atoms with Gasteiger partial charge < -0.3 is 0 Å². The Morgan fingerprint density at radius 2 is 0.700 bits per heavy atom. The van der Waals surface area contributed by atoms with Crippen LogP contribution in [0.2, 0.25) is 0 Å². The second-order valence-electron chi connectivity index (χ2n) is 8.37. The fraction of sp³-hybridized carbons (Fsp3) is 1.00. The van der Waals surface area contributed by atoms with E-state index in [2.05, 4.69) is 7.57 Å². The van der Waals surface area contributed by atoms with E-state index in [0.717, 1.165) is 0 Å². The molecule has 20 heavy (non-hydrogen) atoms. The van der Waals surface area contributed by atoms with Gasteiger partial charge in [0.25, 0.3) is 0 Å². The fourth-order valence-electron chi connectivity index (χ4n) is 6.17. The van der Waals surface area contributed by atoms with Gasteiger partial charge in [-0.2, -0.15) is 0 Å². The second kappa shape index (κ2) is 7.17. The van der Waals surface area contributed by atoms with Crippen LogP contribution in [0.4, 0.5) is 0 Å². The van der Waals surface area contributed by atoms with E-state index in [1.807, 2.05) is 0 Å². The summed E-state index contributed by atoms with van der Waals surface area (Å²) in [6, 6.07) is 0. The van der Waals surface area contributed by atoms with Crippen LogP contribution in [0.3, 0.4) is 0 Å². The van der Waals surface area contributed by atoms with Gasteiger partial charge in [-0.1, -0.05) is 0 Å². The van der Waals surface area contributed by atoms with Gasteiger partial charge in [0.2, 0.25) is 0 Å². The van der Waals surface area contributed by atoms with Gasteiger partial charge in [0.1, 0.15) is 0 Å². The first-order valence-electron chi connectivity index (χ1n) is 9.82. The van der Waals surface area contributed by atoms with E-state index >= 15 is 0 Å². The minimum absolute atomic E-state index is 1.05. The summed E-state index contributed by atoms with van der Waals surface area (Å²) in [5.41, 5.74) is 3.63. The van der Waals surface area contributed by atoms with Gasteiger partial charge >= 0.3 is 128 Å². The number of rotatable bonds is 3. The fourth-order valence-corrected chi connectivity index (χ4v) is 13.1. The summed E-state index contributed by atoms with van der Waals surface area (Å²) in [5, 5.41) is 0. The van der Waals surface area contributed by atoms with Crippen LogP contribution in [-0.4, -0.2) is 24.5 Å². The average molecular weight is 294 g/mol. The summed E-state index contributed by atoms with van der Waals surface area (Å²) < 4.78 is 0. The van der Waals surface area contributed by atoms with Crippen molar-refractivity contribution >= 4 is 14.7 Å². The molecule has 0 spiro atoms. The SMILES string of the molecule is B[PH](C1CCCCC1)(C1CCCCC1)C1CCCCC1. The second-order valence-corrected chi connectivity index (χ2v) is 13.6. The normalized spacial score (nSPS) is 29.4. The third-order valence-corrected chi connectivity index (χ3v) is 14.5.